The van der Waals surface area contributed by atoms with Crippen LogP contribution in [0.4, 0.5) is 0 Å². The summed E-state index contributed by atoms with van der Waals surface area (Å²) in [5, 5.41) is 8.61. The third kappa shape index (κ3) is 3.48. The average molecular weight is 229 g/mol. The van der Waals surface area contributed by atoms with Crippen LogP contribution in [0.5, 0.6) is 0 Å². The second-order valence-electron chi connectivity index (χ2n) is 4.33. The van der Waals surface area contributed by atoms with E-state index in [9.17, 15) is 9.59 Å². The molecule has 1 unspecified atom stereocenters. The van der Waals surface area contributed by atoms with Gasteiger partial charge in [0.2, 0.25) is 5.91 Å². The number of nitrogens with zero attached hydrogens (tertiary/aromatic N) is 1. The first-order valence-electron chi connectivity index (χ1n) is 5.57. The molecule has 1 N–H and O–H groups in total. The molecule has 0 saturated carbocycles. The molecule has 1 amide bonds. The zero-order valence-corrected chi connectivity index (χ0v) is 9.81. The number of rotatable bonds is 4. The van der Waals surface area contributed by atoms with Gasteiger partial charge in [-0.3, -0.25) is 9.59 Å². The molecule has 5 nitrogen and oxygen atoms in total. The quantitative estimate of drug-likeness (QED) is 0.766. The van der Waals surface area contributed by atoms with E-state index in [1.165, 1.54) is 11.9 Å². The molecule has 0 radical (unpaired) electrons. The van der Waals surface area contributed by atoms with Crippen LogP contribution in [0.3, 0.4) is 0 Å². The van der Waals surface area contributed by atoms with Gasteiger partial charge in [-0.25, -0.2) is 0 Å². The molecule has 0 bridgehead atoms. The highest BCUT2D eigenvalue weighted by Crippen LogP contribution is 2.24. The highest BCUT2D eigenvalue weighted by atomic mass is 16.5. The van der Waals surface area contributed by atoms with Gasteiger partial charge in [-0.1, -0.05) is 6.92 Å². The lowest BCUT2D eigenvalue weighted by Gasteiger charge is -2.29. The van der Waals surface area contributed by atoms with E-state index < -0.39 is 5.97 Å². The topological polar surface area (TPSA) is 66.8 Å². The SMILES string of the molecule is CC(C(=O)N(C)CC(=O)O)C1CCOCC1. The number of hydrogen-bond donors (Lipinski definition) is 1. The molecule has 1 fully saturated rings. The zero-order chi connectivity index (χ0) is 12.1. The maximum Gasteiger partial charge on any atom is 0.323 e. The van der Waals surface area contributed by atoms with Crippen molar-refractivity contribution in [3.8, 4) is 0 Å². The Bertz CT molecular complexity index is 261. The number of aliphatic carboxylic acids is 1. The Labute approximate surface area is 95.4 Å². The molecule has 0 spiro atoms. The molecule has 1 aliphatic rings. The summed E-state index contributed by atoms with van der Waals surface area (Å²) in [6, 6.07) is 0. The highest BCUT2D eigenvalue weighted by molar-refractivity contribution is 5.82. The summed E-state index contributed by atoms with van der Waals surface area (Å²) >= 11 is 0. The molecular weight excluding hydrogens is 210 g/mol. The number of likely N-dealkylation sites (N-methyl/N-ethyl adjacent to an activating group) is 1. The Kier molecular flexibility index (Phi) is 4.73. The monoisotopic (exact) mass is 229 g/mol. The average Bonchev–Trinajstić information content (AvgIpc) is 2.27. The molecular formula is C11H19NO4. The fraction of sp³-hybridized carbons (Fsp3) is 0.818. The van der Waals surface area contributed by atoms with Gasteiger partial charge in [-0.2, -0.15) is 0 Å². The van der Waals surface area contributed by atoms with Crippen molar-refractivity contribution in [3.63, 3.8) is 0 Å². The number of hydrogen-bond acceptors (Lipinski definition) is 3. The van der Waals surface area contributed by atoms with Gasteiger partial charge in [0.1, 0.15) is 6.54 Å². The highest BCUT2D eigenvalue weighted by Gasteiger charge is 2.28. The first-order chi connectivity index (χ1) is 7.52. The van der Waals surface area contributed by atoms with Gasteiger partial charge in [-0.05, 0) is 18.8 Å². The lowest BCUT2D eigenvalue weighted by atomic mass is 9.86. The minimum atomic E-state index is -0.977. The summed E-state index contributed by atoms with van der Waals surface area (Å²) in [4.78, 5) is 23.7. The molecule has 1 saturated heterocycles. The molecule has 16 heavy (non-hydrogen) atoms. The Morgan fingerprint density at radius 3 is 2.50 bits per heavy atom. The first kappa shape index (κ1) is 13.0. The van der Waals surface area contributed by atoms with Crippen LogP contribution in [0.1, 0.15) is 19.8 Å². The summed E-state index contributed by atoms with van der Waals surface area (Å²) in [5.41, 5.74) is 0. The van der Waals surface area contributed by atoms with E-state index in [2.05, 4.69) is 0 Å². The van der Waals surface area contributed by atoms with E-state index in [4.69, 9.17) is 9.84 Å². The molecule has 1 heterocycles. The lowest BCUT2D eigenvalue weighted by molar-refractivity contribution is -0.146. The van der Waals surface area contributed by atoms with E-state index in [1.807, 2.05) is 6.92 Å². The van der Waals surface area contributed by atoms with Crippen molar-refractivity contribution in [1.82, 2.24) is 4.90 Å². The fourth-order valence-corrected chi connectivity index (χ4v) is 2.05. The summed E-state index contributed by atoms with van der Waals surface area (Å²) in [6.45, 7) is 3.04. The molecule has 0 aliphatic carbocycles. The van der Waals surface area contributed by atoms with Crippen LogP contribution in [0.2, 0.25) is 0 Å². The van der Waals surface area contributed by atoms with E-state index in [0.717, 1.165) is 12.8 Å². The minimum absolute atomic E-state index is 0.0886. The Balaban J connectivity index is 2.48. The van der Waals surface area contributed by atoms with E-state index >= 15 is 0 Å². The number of ether oxygens (including phenoxy) is 1. The van der Waals surface area contributed by atoms with Crippen molar-refractivity contribution in [1.29, 1.82) is 0 Å². The third-order valence-corrected chi connectivity index (χ3v) is 3.11. The van der Waals surface area contributed by atoms with E-state index in [0.29, 0.717) is 19.1 Å². The minimum Gasteiger partial charge on any atom is -0.480 e. The third-order valence-electron chi connectivity index (χ3n) is 3.11. The van der Waals surface area contributed by atoms with Crippen LogP contribution in [0.25, 0.3) is 0 Å². The Hall–Kier alpha value is -1.10. The molecule has 92 valence electrons. The summed E-state index contributed by atoms with van der Waals surface area (Å²) in [6.07, 6.45) is 1.77. The molecule has 0 aromatic rings. The van der Waals surface area contributed by atoms with Crippen LogP contribution in [-0.4, -0.2) is 48.7 Å². The predicted molar refractivity (Wildman–Crippen MR) is 58.0 cm³/mol. The van der Waals surface area contributed by atoms with Gasteiger partial charge in [0.25, 0.3) is 0 Å². The normalized spacial score (nSPS) is 19.1. The second kappa shape index (κ2) is 5.84. The van der Waals surface area contributed by atoms with Crippen molar-refractivity contribution < 1.29 is 19.4 Å². The van der Waals surface area contributed by atoms with Crippen molar-refractivity contribution in [2.75, 3.05) is 26.8 Å². The molecule has 1 rings (SSSR count). The standard InChI is InChI=1S/C11H19NO4/c1-8(9-3-5-16-6-4-9)11(15)12(2)7-10(13)14/h8-9H,3-7H2,1-2H3,(H,13,14). The number of carboxylic acids is 1. The van der Waals surface area contributed by atoms with Gasteiger partial charge in [0, 0.05) is 26.2 Å². The summed E-state index contributed by atoms with van der Waals surface area (Å²) in [7, 11) is 1.53. The molecule has 0 aromatic carbocycles. The molecule has 5 heteroatoms. The second-order valence-corrected chi connectivity index (χ2v) is 4.33. The van der Waals surface area contributed by atoms with Crippen molar-refractivity contribution in [3.05, 3.63) is 0 Å². The van der Waals surface area contributed by atoms with Crippen LogP contribution >= 0.6 is 0 Å². The summed E-state index contributed by atoms with van der Waals surface area (Å²) < 4.78 is 5.24. The summed E-state index contributed by atoms with van der Waals surface area (Å²) in [5.74, 6) is -0.866. The van der Waals surface area contributed by atoms with Crippen LogP contribution in [0, 0.1) is 11.8 Å². The van der Waals surface area contributed by atoms with E-state index in [-0.39, 0.29) is 18.4 Å². The van der Waals surface area contributed by atoms with Crippen molar-refractivity contribution >= 4 is 11.9 Å². The predicted octanol–water partition coefficient (Wildman–Crippen LogP) is 0.592. The van der Waals surface area contributed by atoms with Crippen LogP contribution in [-0.2, 0) is 14.3 Å². The number of carbonyl (C=O) groups excluding carboxylic acids is 1. The number of amides is 1. The van der Waals surface area contributed by atoms with Gasteiger partial charge in [0.15, 0.2) is 0 Å². The number of carbonyl (C=O) groups is 2. The van der Waals surface area contributed by atoms with Crippen molar-refractivity contribution in [2.45, 2.75) is 19.8 Å². The van der Waals surface area contributed by atoms with Gasteiger partial charge < -0.3 is 14.7 Å². The van der Waals surface area contributed by atoms with Crippen LogP contribution in [0.15, 0.2) is 0 Å². The fourth-order valence-electron chi connectivity index (χ4n) is 2.05. The van der Waals surface area contributed by atoms with Crippen molar-refractivity contribution in [2.24, 2.45) is 11.8 Å². The van der Waals surface area contributed by atoms with Gasteiger partial charge in [-0.15, -0.1) is 0 Å². The maximum absolute atomic E-state index is 11.9. The first-order valence-corrected chi connectivity index (χ1v) is 5.57. The molecule has 0 aromatic heterocycles. The number of carboxylic acid groups (broad SMARTS) is 1. The van der Waals surface area contributed by atoms with E-state index in [1.54, 1.807) is 0 Å². The Morgan fingerprint density at radius 1 is 1.44 bits per heavy atom. The molecule has 1 atom stereocenters. The molecule has 1 aliphatic heterocycles. The lowest BCUT2D eigenvalue weighted by Crippen LogP contribution is -2.39. The van der Waals surface area contributed by atoms with Gasteiger partial charge in [0.05, 0.1) is 0 Å². The largest absolute Gasteiger partial charge is 0.480 e. The van der Waals surface area contributed by atoms with Gasteiger partial charge >= 0.3 is 5.97 Å². The zero-order valence-electron chi connectivity index (χ0n) is 9.81. The smallest absolute Gasteiger partial charge is 0.323 e. The van der Waals surface area contributed by atoms with Crippen LogP contribution < -0.4 is 0 Å². The Morgan fingerprint density at radius 2 is 2.00 bits per heavy atom. The maximum atomic E-state index is 11.9.